The van der Waals surface area contributed by atoms with E-state index in [1.54, 1.807) is 6.20 Å². The summed E-state index contributed by atoms with van der Waals surface area (Å²) in [5.41, 5.74) is -4.71. The van der Waals surface area contributed by atoms with Crippen LogP contribution >= 0.6 is 0 Å². The first-order valence-corrected chi connectivity index (χ1v) is 13.7. The van der Waals surface area contributed by atoms with Crippen LogP contribution < -0.4 is 21.5 Å². The van der Waals surface area contributed by atoms with Crippen molar-refractivity contribution < 1.29 is 26.3 Å². The van der Waals surface area contributed by atoms with Gasteiger partial charge in [0.1, 0.15) is 11.4 Å². The van der Waals surface area contributed by atoms with Crippen LogP contribution in [0.25, 0.3) is 10.9 Å². The van der Waals surface area contributed by atoms with Gasteiger partial charge < -0.3 is 10.6 Å². The molecule has 6 nitrogen and oxygen atoms in total. The molecule has 3 aromatic carbocycles. The summed E-state index contributed by atoms with van der Waals surface area (Å²) in [7, 11) is 0. The first-order valence-electron chi connectivity index (χ1n) is 13.7. The molecule has 3 fully saturated rings. The SMILES string of the molecule is C=C[C@H]1CN2CC[C@H]1C[C@H]2[C@@H](Nc1c(Nc2cc(C(F)(F)F)cc(C(F)(F)F)c2)c(=O)c1=O)c1ccnc2ccccc12. The number of nitrogens with one attached hydrogen (secondary N) is 2. The van der Waals surface area contributed by atoms with Crippen molar-refractivity contribution in [1.29, 1.82) is 0 Å². The van der Waals surface area contributed by atoms with Crippen LogP contribution in [0.4, 0.5) is 43.4 Å². The maximum Gasteiger partial charge on any atom is 0.416 e. The van der Waals surface area contributed by atoms with Crippen molar-refractivity contribution in [2.75, 3.05) is 23.7 Å². The predicted molar refractivity (Wildman–Crippen MR) is 151 cm³/mol. The average molecular weight is 601 g/mol. The molecule has 224 valence electrons. The van der Waals surface area contributed by atoms with Gasteiger partial charge in [0.2, 0.25) is 0 Å². The third-order valence-corrected chi connectivity index (χ3v) is 8.62. The van der Waals surface area contributed by atoms with E-state index < -0.39 is 46.1 Å². The van der Waals surface area contributed by atoms with Gasteiger partial charge in [0.05, 0.1) is 22.7 Å². The van der Waals surface area contributed by atoms with Crippen molar-refractivity contribution in [3.05, 3.63) is 105 Å². The van der Waals surface area contributed by atoms with Crippen LogP contribution in [0.5, 0.6) is 0 Å². The molecule has 4 heterocycles. The van der Waals surface area contributed by atoms with Gasteiger partial charge in [-0.05, 0) is 67.1 Å². The van der Waals surface area contributed by atoms with Gasteiger partial charge in [-0.15, -0.1) is 6.58 Å². The highest BCUT2D eigenvalue weighted by atomic mass is 19.4. The van der Waals surface area contributed by atoms with E-state index >= 15 is 0 Å². The first-order chi connectivity index (χ1) is 20.3. The van der Waals surface area contributed by atoms with E-state index in [2.05, 4.69) is 27.1 Å². The van der Waals surface area contributed by atoms with Crippen molar-refractivity contribution in [2.45, 2.75) is 37.3 Å². The third-order valence-electron chi connectivity index (χ3n) is 8.62. The third kappa shape index (κ3) is 5.28. The Morgan fingerprint density at radius 2 is 1.63 bits per heavy atom. The quantitative estimate of drug-likeness (QED) is 0.140. The molecule has 0 radical (unpaired) electrons. The summed E-state index contributed by atoms with van der Waals surface area (Å²) in [5.74, 6) is 0.646. The lowest BCUT2D eigenvalue weighted by Gasteiger charge is -2.52. The second-order valence-corrected chi connectivity index (χ2v) is 11.1. The minimum Gasteiger partial charge on any atom is -0.372 e. The Balaban J connectivity index is 1.41. The number of para-hydroxylation sites is 1. The van der Waals surface area contributed by atoms with E-state index in [1.807, 2.05) is 36.4 Å². The lowest BCUT2D eigenvalue weighted by atomic mass is 9.73. The van der Waals surface area contributed by atoms with E-state index in [9.17, 15) is 35.9 Å². The summed E-state index contributed by atoms with van der Waals surface area (Å²) < 4.78 is 80.7. The maximum absolute atomic E-state index is 13.4. The number of rotatable bonds is 7. The van der Waals surface area contributed by atoms with Gasteiger partial charge in [-0.3, -0.25) is 19.5 Å². The largest absolute Gasteiger partial charge is 0.416 e. The number of fused-ring (bicyclic) bond motifs is 4. The number of pyridine rings is 1. The van der Waals surface area contributed by atoms with E-state index in [0.717, 1.165) is 36.9 Å². The van der Waals surface area contributed by atoms with E-state index in [-0.39, 0.29) is 23.5 Å². The Morgan fingerprint density at radius 3 is 2.26 bits per heavy atom. The molecule has 0 aliphatic carbocycles. The molecule has 5 atom stereocenters. The van der Waals surface area contributed by atoms with Crippen LogP contribution in [0.3, 0.4) is 0 Å². The molecule has 1 aromatic heterocycles. The zero-order chi connectivity index (χ0) is 30.7. The van der Waals surface area contributed by atoms with E-state index in [0.29, 0.717) is 29.5 Å². The topological polar surface area (TPSA) is 74.3 Å². The fourth-order valence-electron chi connectivity index (χ4n) is 6.47. The van der Waals surface area contributed by atoms with Gasteiger partial charge in [0.15, 0.2) is 0 Å². The van der Waals surface area contributed by atoms with Crippen LogP contribution in [0, 0.1) is 11.8 Å². The van der Waals surface area contributed by atoms with Gasteiger partial charge >= 0.3 is 12.4 Å². The molecule has 2 bridgehead atoms. The molecule has 0 saturated carbocycles. The smallest absolute Gasteiger partial charge is 0.372 e. The summed E-state index contributed by atoms with van der Waals surface area (Å²) in [4.78, 5) is 32.3. The number of piperidine rings is 3. The summed E-state index contributed by atoms with van der Waals surface area (Å²) in [6, 6.07) is 9.52. The van der Waals surface area contributed by atoms with Crippen molar-refractivity contribution in [1.82, 2.24) is 9.88 Å². The number of halogens is 6. The highest BCUT2D eigenvalue weighted by Crippen LogP contribution is 2.44. The molecule has 1 unspecified atom stereocenters. The second-order valence-electron chi connectivity index (χ2n) is 11.1. The highest BCUT2D eigenvalue weighted by molar-refractivity contribution is 5.84. The molecule has 2 N–H and O–H groups in total. The molecule has 3 saturated heterocycles. The molecule has 3 aliphatic rings. The zero-order valence-electron chi connectivity index (χ0n) is 22.6. The molecule has 4 aromatic rings. The van der Waals surface area contributed by atoms with Crippen molar-refractivity contribution in [2.24, 2.45) is 11.8 Å². The molecule has 7 rings (SSSR count). The molecule has 43 heavy (non-hydrogen) atoms. The summed E-state index contributed by atoms with van der Waals surface area (Å²) in [6.45, 7) is 5.52. The number of hydrogen-bond donors (Lipinski definition) is 2. The lowest BCUT2D eigenvalue weighted by molar-refractivity contribution is -0.143. The fourth-order valence-corrected chi connectivity index (χ4v) is 6.47. The first kappa shape index (κ1) is 28.9. The normalized spacial score (nSPS) is 22.9. The number of nitrogens with zero attached hydrogens (tertiary/aromatic N) is 2. The van der Waals surface area contributed by atoms with Gasteiger partial charge in [0, 0.05) is 29.9 Å². The molecule has 3 aliphatic heterocycles. The van der Waals surface area contributed by atoms with Crippen LogP contribution in [0.15, 0.2) is 77.0 Å². The summed E-state index contributed by atoms with van der Waals surface area (Å²) in [5, 5.41) is 6.40. The number of hydrogen-bond acceptors (Lipinski definition) is 6. The Morgan fingerprint density at radius 1 is 0.953 bits per heavy atom. The molecule has 12 heteroatoms. The Labute approximate surface area is 241 Å². The van der Waals surface area contributed by atoms with Crippen LogP contribution in [0.1, 0.15) is 35.6 Å². The number of alkyl halides is 6. The average Bonchev–Trinajstić information content (AvgIpc) is 2.99. The lowest BCUT2D eigenvalue weighted by Crippen LogP contribution is -2.56. The fraction of sp³-hybridized carbons (Fsp3) is 0.323. The van der Waals surface area contributed by atoms with Crippen molar-refractivity contribution in [3.8, 4) is 0 Å². The predicted octanol–water partition coefficient (Wildman–Crippen LogP) is 6.66. The van der Waals surface area contributed by atoms with Gasteiger partial charge in [0.25, 0.3) is 10.9 Å². The number of anilines is 3. The van der Waals surface area contributed by atoms with Crippen LogP contribution in [-0.2, 0) is 12.4 Å². The number of benzene rings is 2. The molecule has 0 spiro atoms. The minimum atomic E-state index is -5.07. The Kier molecular flexibility index (Phi) is 7.07. The van der Waals surface area contributed by atoms with Gasteiger partial charge in [-0.1, -0.05) is 24.3 Å². The molecule has 0 amide bonds. The molecular weight excluding hydrogens is 574 g/mol. The van der Waals surface area contributed by atoms with Crippen molar-refractivity contribution in [3.63, 3.8) is 0 Å². The van der Waals surface area contributed by atoms with Gasteiger partial charge in [-0.2, -0.15) is 26.3 Å². The molecular formula is C31H26F6N4O2. The minimum absolute atomic E-state index is 0.000122. The van der Waals surface area contributed by atoms with Crippen molar-refractivity contribution >= 4 is 28.0 Å². The zero-order valence-corrected chi connectivity index (χ0v) is 22.6. The van der Waals surface area contributed by atoms with Crippen LogP contribution in [-0.4, -0.2) is 29.0 Å². The van der Waals surface area contributed by atoms with E-state index in [4.69, 9.17) is 0 Å². The monoisotopic (exact) mass is 600 g/mol. The number of aromatic nitrogens is 1. The Bertz CT molecular complexity index is 1740. The van der Waals surface area contributed by atoms with Gasteiger partial charge in [-0.25, -0.2) is 0 Å². The van der Waals surface area contributed by atoms with E-state index in [1.165, 1.54) is 0 Å². The second kappa shape index (κ2) is 10.5. The van der Waals surface area contributed by atoms with Crippen LogP contribution in [0.2, 0.25) is 0 Å². The highest BCUT2D eigenvalue weighted by Gasteiger charge is 2.44. The summed E-state index contributed by atoms with van der Waals surface area (Å²) in [6.07, 6.45) is -4.83. The maximum atomic E-state index is 13.4. The standard InChI is InChI=1S/C31H26F6N4O2/c1-2-16-15-41-10-8-17(16)11-24(41)25(22-7-9-38-23-6-4-3-5-21(22)23)40-27-26(28(42)29(27)43)39-20-13-18(30(32,33)34)12-19(14-20)31(35,36)37/h2-7,9,12-14,16-17,24-25,39-40H,1,8,10-11,15H2/t16-,17-,24-,25-/m0/s1. The Hall–Kier alpha value is -4.19. The summed E-state index contributed by atoms with van der Waals surface area (Å²) >= 11 is 0.